The summed E-state index contributed by atoms with van der Waals surface area (Å²) in [6, 6.07) is 7.03. The number of aryl methyl sites for hydroxylation is 1. The van der Waals surface area contributed by atoms with Crippen LogP contribution in [0.15, 0.2) is 42.5 Å². The van der Waals surface area contributed by atoms with Gasteiger partial charge in [0.05, 0.1) is 16.1 Å². The molecule has 0 spiro atoms. The Morgan fingerprint density at radius 1 is 1.06 bits per heavy atom. The number of nitrogens with zero attached hydrogens (tertiary/aromatic N) is 1. The standard InChI is InChI=1S/C23H23Cl2F3N2O4/c1-13(2)11-19(22(33)34)30(21(32)17-12-16(24)8-9-18(17)25)29-20(31)10-5-14-3-6-15(7-4-14)23(26,27)28/h3-4,6-9,12-13,19H,5,10-11H2,1-2H3,(H,29,31)(H,33,34)/t19-/m0/s1. The number of carbonyl (C=O) groups excluding carboxylic acids is 2. The molecule has 11 heteroatoms. The number of hydrogen-bond donors (Lipinski definition) is 2. The minimum Gasteiger partial charge on any atom is -0.480 e. The zero-order valence-corrected chi connectivity index (χ0v) is 19.8. The second-order valence-electron chi connectivity index (χ2n) is 8.01. The first-order valence-electron chi connectivity index (χ1n) is 10.3. The van der Waals surface area contributed by atoms with Crippen molar-refractivity contribution in [2.45, 2.75) is 45.3 Å². The van der Waals surface area contributed by atoms with Gasteiger partial charge in [-0.15, -0.1) is 0 Å². The van der Waals surface area contributed by atoms with Crippen molar-refractivity contribution in [2.24, 2.45) is 5.92 Å². The topological polar surface area (TPSA) is 86.7 Å². The Balaban J connectivity index is 2.23. The SMILES string of the molecule is CC(C)C[C@@H](C(=O)O)N(NC(=O)CCc1ccc(C(F)(F)F)cc1)C(=O)c1cc(Cl)ccc1Cl. The van der Waals surface area contributed by atoms with Crippen LogP contribution < -0.4 is 5.43 Å². The van der Waals surface area contributed by atoms with Gasteiger partial charge in [0.15, 0.2) is 6.04 Å². The maximum absolute atomic E-state index is 13.2. The van der Waals surface area contributed by atoms with E-state index in [1.807, 2.05) is 0 Å². The summed E-state index contributed by atoms with van der Waals surface area (Å²) in [5, 5.41) is 10.7. The van der Waals surface area contributed by atoms with E-state index in [1.165, 1.54) is 30.3 Å². The van der Waals surface area contributed by atoms with Crippen molar-refractivity contribution >= 4 is 41.0 Å². The van der Waals surface area contributed by atoms with E-state index in [9.17, 15) is 32.7 Å². The second kappa shape index (κ2) is 11.6. The molecule has 2 amide bonds. The number of benzene rings is 2. The molecule has 0 saturated carbocycles. The number of carboxylic acid groups (broad SMARTS) is 1. The van der Waals surface area contributed by atoms with Crippen LogP contribution in [0.1, 0.15) is 48.2 Å². The van der Waals surface area contributed by atoms with Crippen LogP contribution in [0.2, 0.25) is 10.0 Å². The summed E-state index contributed by atoms with van der Waals surface area (Å²) in [6.45, 7) is 3.52. The number of rotatable bonds is 8. The summed E-state index contributed by atoms with van der Waals surface area (Å²) in [7, 11) is 0. The monoisotopic (exact) mass is 518 g/mol. The molecule has 34 heavy (non-hydrogen) atoms. The van der Waals surface area contributed by atoms with Gasteiger partial charge in [0, 0.05) is 11.4 Å². The number of hydrogen-bond acceptors (Lipinski definition) is 3. The minimum absolute atomic E-state index is 0.0205. The van der Waals surface area contributed by atoms with Gasteiger partial charge in [-0.05, 0) is 54.7 Å². The molecule has 184 valence electrons. The zero-order chi connectivity index (χ0) is 25.6. The first-order chi connectivity index (χ1) is 15.8. The number of aliphatic carboxylic acids is 1. The highest BCUT2D eigenvalue weighted by Gasteiger charge is 2.34. The molecule has 2 aromatic carbocycles. The molecule has 0 radical (unpaired) electrons. The van der Waals surface area contributed by atoms with E-state index < -0.39 is 35.6 Å². The van der Waals surface area contributed by atoms with Crippen molar-refractivity contribution in [1.29, 1.82) is 0 Å². The maximum Gasteiger partial charge on any atom is 0.416 e. The summed E-state index contributed by atoms with van der Waals surface area (Å²) in [6.07, 6.45) is -4.56. The lowest BCUT2D eigenvalue weighted by molar-refractivity contribution is -0.145. The lowest BCUT2D eigenvalue weighted by Gasteiger charge is -2.30. The molecule has 0 bridgehead atoms. The molecule has 1 atom stereocenters. The fourth-order valence-corrected chi connectivity index (χ4v) is 3.50. The second-order valence-corrected chi connectivity index (χ2v) is 8.86. The first-order valence-corrected chi connectivity index (χ1v) is 11.0. The number of carbonyl (C=O) groups is 3. The number of carboxylic acids is 1. The molecular weight excluding hydrogens is 496 g/mol. The smallest absolute Gasteiger partial charge is 0.416 e. The van der Waals surface area contributed by atoms with Crippen LogP contribution in [-0.2, 0) is 22.2 Å². The molecule has 6 nitrogen and oxygen atoms in total. The van der Waals surface area contributed by atoms with E-state index >= 15 is 0 Å². The summed E-state index contributed by atoms with van der Waals surface area (Å²) in [4.78, 5) is 37.7. The van der Waals surface area contributed by atoms with Gasteiger partial charge in [0.2, 0.25) is 5.91 Å². The number of alkyl halides is 3. The van der Waals surface area contributed by atoms with Gasteiger partial charge in [-0.2, -0.15) is 13.2 Å². The summed E-state index contributed by atoms with van der Waals surface area (Å²) < 4.78 is 38.1. The van der Waals surface area contributed by atoms with Crippen LogP contribution in [0.5, 0.6) is 0 Å². The van der Waals surface area contributed by atoms with Crippen LogP contribution in [0.25, 0.3) is 0 Å². The highest BCUT2D eigenvalue weighted by molar-refractivity contribution is 6.35. The normalized spacial score (nSPS) is 12.4. The fraction of sp³-hybridized carbons (Fsp3) is 0.348. The van der Waals surface area contributed by atoms with Crippen molar-refractivity contribution < 1.29 is 32.7 Å². The number of hydrazine groups is 1. The fourth-order valence-electron chi connectivity index (χ4n) is 3.13. The molecular formula is C23H23Cl2F3N2O4. The highest BCUT2D eigenvalue weighted by Crippen LogP contribution is 2.29. The Hall–Kier alpha value is -2.78. The summed E-state index contributed by atoms with van der Waals surface area (Å²) in [5.74, 6) is -3.01. The van der Waals surface area contributed by atoms with E-state index in [0.29, 0.717) is 5.56 Å². The third-order valence-corrected chi connectivity index (χ3v) is 5.40. The van der Waals surface area contributed by atoms with Gasteiger partial charge in [-0.25, -0.2) is 9.80 Å². The average Bonchev–Trinajstić information content (AvgIpc) is 2.75. The van der Waals surface area contributed by atoms with Crippen LogP contribution in [-0.4, -0.2) is 33.9 Å². The molecule has 2 rings (SSSR count). The molecule has 0 saturated heterocycles. The van der Waals surface area contributed by atoms with Gasteiger partial charge in [0.25, 0.3) is 5.91 Å². The minimum atomic E-state index is -4.47. The third-order valence-electron chi connectivity index (χ3n) is 4.84. The predicted octanol–water partition coefficient (Wildman–Crippen LogP) is 5.62. The first kappa shape index (κ1) is 27.5. The van der Waals surface area contributed by atoms with Crippen LogP contribution in [0, 0.1) is 5.92 Å². The van der Waals surface area contributed by atoms with E-state index in [4.69, 9.17) is 23.2 Å². The van der Waals surface area contributed by atoms with Gasteiger partial charge >= 0.3 is 12.1 Å². The van der Waals surface area contributed by atoms with Crippen molar-refractivity contribution in [3.63, 3.8) is 0 Å². The van der Waals surface area contributed by atoms with Crippen LogP contribution in [0.4, 0.5) is 13.2 Å². The maximum atomic E-state index is 13.2. The molecule has 0 aliphatic rings. The molecule has 2 N–H and O–H groups in total. The van der Waals surface area contributed by atoms with Crippen LogP contribution in [0.3, 0.4) is 0 Å². The summed E-state index contributed by atoms with van der Waals surface area (Å²) in [5.41, 5.74) is 1.90. The quantitative estimate of drug-likeness (QED) is 0.444. The molecule has 0 aromatic heterocycles. The van der Waals surface area contributed by atoms with Gasteiger partial charge in [-0.3, -0.25) is 15.0 Å². The van der Waals surface area contributed by atoms with Gasteiger partial charge in [-0.1, -0.05) is 49.2 Å². The summed E-state index contributed by atoms with van der Waals surface area (Å²) >= 11 is 12.1. The lowest BCUT2D eigenvalue weighted by atomic mass is 10.0. The Morgan fingerprint density at radius 3 is 2.21 bits per heavy atom. The Kier molecular flexibility index (Phi) is 9.35. The van der Waals surface area contributed by atoms with Crippen molar-refractivity contribution in [3.05, 3.63) is 69.2 Å². The van der Waals surface area contributed by atoms with E-state index in [2.05, 4.69) is 5.43 Å². The molecule has 0 fully saturated rings. The highest BCUT2D eigenvalue weighted by atomic mass is 35.5. The van der Waals surface area contributed by atoms with E-state index in [1.54, 1.807) is 13.8 Å². The molecule has 2 aromatic rings. The zero-order valence-electron chi connectivity index (χ0n) is 18.3. The number of nitrogens with one attached hydrogen (secondary N) is 1. The van der Waals surface area contributed by atoms with Gasteiger partial charge < -0.3 is 5.11 Å². The van der Waals surface area contributed by atoms with Crippen molar-refractivity contribution in [2.75, 3.05) is 0 Å². The molecule has 0 aliphatic carbocycles. The van der Waals surface area contributed by atoms with E-state index in [-0.39, 0.29) is 40.8 Å². The average molecular weight is 519 g/mol. The largest absolute Gasteiger partial charge is 0.480 e. The van der Waals surface area contributed by atoms with Crippen molar-refractivity contribution in [1.82, 2.24) is 10.4 Å². The Bertz CT molecular complexity index is 1040. The van der Waals surface area contributed by atoms with Gasteiger partial charge in [0.1, 0.15) is 0 Å². The Labute approximate surface area is 204 Å². The molecule has 0 aliphatic heterocycles. The molecule has 0 heterocycles. The third kappa shape index (κ3) is 7.63. The van der Waals surface area contributed by atoms with Crippen molar-refractivity contribution in [3.8, 4) is 0 Å². The number of halogens is 5. The Morgan fingerprint density at radius 2 is 1.68 bits per heavy atom. The number of amides is 2. The predicted molar refractivity (Wildman–Crippen MR) is 121 cm³/mol. The lowest BCUT2D eigenvalue weighted by Crippen LogP contribution is -2.55. The van der Waals surface area contributed by atoms with E-state index in [0.717, 1.165) is 17.1 Å². The molecule has 0 unspecified atom stereocenters. The van der Waals surface area contributed by atoms with Crippen LogP contribution >= 0.6 is 23.2 Å².